The van der Waals surface area contributed by atoms with E-state index in [-0.39, 0.29) is 0 Å². The molecule has 4 nitrogen and oxygen atoms in total. The number of carboxylic acid groups (broad SMARTS) is 1. The van der Waals surface area contributed by atoms with Gasteiger partial charge in [0.1, 0.15) is 21.1 Å². The van der Waals surface area contributed by atoms with Crippen molar-refractivity contribution in [2.24, 2.45) is 0 Å². The zero-order valence-corrected chi connectivity index (χ0v) is 12.8. The number of hydrogen-bond donors (Lipinski definition) is 1. The van der Waals surface area contributed by atoms with Gasteiger partial charge in [0.2, 0.25) is 0 Å². The number of aromatic carboxylic acids is 1. The summed E-state index contributed by atoms with van der Waals surface area (Å²) in [6.45, 7) is 6.15. The number of carboxylic acids is 1. The molecule has 2 rings (SSSR count). The van der Waals surface area contributed by atoms with Crippen LogP contribution in [0.5, 0.6) is 0 Å². The van der Waals surface area contributed by atoms with Crippen LogP contribution >= 0.6 is 23.1 Å². The van der Waals surface area contributed by atoms with Crippen LogP contribution in [0.3, 0.4) is 0 Å². The fourth-order valence-electron chi connectivity index (χ4n) is 1.95. The summed E-state index contributed by atoms with van der Waals surface area (Å²) in [6.07, 6.45) is 3.66. The van der Waals surface area contributed by atoms with Crippen molar-refractivity contribution in [1.29, 1.82) is 0 Å². The first-order chi connectivity index (χ1) is 9.08. The molecule has 0 unspecified atom stereocenters. The molecule has 6 heteroatoms. The van der Waals surface area contributed by atoms with E-state index < -0.39 is 5.97 Å². The summed E-state index contributed by atoms with van der Waals surface area (Å²) in [7, 11) is 0. The molecule has 0 saturated carbocycles. The highest BCUT2D eigenvalue weighted by Crippen LogP contribution is 2.37. The van der Waals surface area contributed by atoms with E-state index in [2.05, 4.69) is 23.8 Å². The van der Waals surface area contributed by atoms with E-state index >= 15 is 0 Å². The summed E-state index contributed by atoms with van der Waals surface area (Å²) in [4.78, 5) is 20.9. The maximum absolute atomic E-state index is 11.2. The first-order valence-corrected chi connectivity index (χ1v) is 7.92. The Labute approximate surface area is 120 Å². The van der Waals surface area contributed by atoms with Gasteiger partial charge in [0.25, 0.3) is 0 Å². The van der Waals surface area contributed by atoms with Crippen molar-refractivity contribution in [3.8, 4) is 0 Å². The van der Waals surface area contributed by atoms with Crippen LogP contribution in [0.4, 0.5) is 0 Å². The van der Waals surface area contributed by atoms with Gasteiger partial charge in [-0.15, -0.1) is 23.1 Å². The molecule has 0 saturated heterocycles. The molecular formula is C13H16N2O2S2. The fourth-order valence-corrected chi connectivity index (χ4v) is 4.12. The predicted molar refractivity (Wildman–Crippen MR) is 79.3 cm³/mol. The Hall–Kier alpha value is -1.14. The summed E-state index contributed by atoms with van der Waals surface area (Å²) < 4.78 is 0. The van der Waals surface area contributed by atoms with Gasteiger partial charge >= 0.3 is 5.97 Å². The van der Waals surface area contributed by atoms with Gasteiger partial charge in [-0.05, 0) is 25.3 Å². The number of nitrogens with zero attached hydrogens (tertiary/aromatic N) is 2. The molecule has 0 amide bonds. The second kappa shape index (κ2) is 5.88. The van der Waals surface area contributed by atoms with Gasteiger partial charge < -0.3 is 5.11 Å². The standard InChI is InChI=1S/C13H16N2O2S2/c1-4-8(5-2)18-11-9-7(3)10(13(16)17)19-12(9)15-6-14-11/h6,8H,4-5H2,1-3H3,(H,16,17). The Morgan fingerprint density at radius 3 is 2.68 bits per heavy atom. The first kappa shape index (κ1) is 14.3. The minimum Gasteiger partial charge on any atom is -0.477 e. The maximum atomic E-state index is 11.2. The summed E-state index contributed by atoms with van der Waals surface area (Å²) in [5.74, 6) is -0.890. The van der Waals surface area contributed by atoms with Crippen molar-refractivity contribution in [3.63, 3.8) is 0 Å². The zero-order valence-electron chi connectivity index (χ0n) is 11.1. The van der Waals surface area contributed by atoms with Gasteiger partial charge in [0.15, 0.2) is 0 Å². The van der Waals surface area contributed by atoms with Crippen molar-refractivity contribution in [2.45, 2.75) is 43.9 Å². The molecule has 0 fully saturated rings. The van der Waals surface area contributed by atoms with Gasteiger partial charge in [0.05, 0.1) is 0 Å². The highest BCUT2D eigenvalue weighted by Gasteiger charge is 2.20. The molecule has 0 aliphatic carbocycles. The van der Waals surface area contributed by atoms with Crippen LogP contribution in [0.1, 0.15) is 41.9 Å². The molecule has 0 atom stereocenters. The van der Waals surface area contributed by atoms with E-state index in [1.807, 2.05) is 6.92 Å². The number of aromatic nitrogens is 2. The van der Waals surface area contributed by atoms with Gasteiger partial charge in [-0.1, -0.05) is 13.8 Å². The number of thioether (sulfide) groups is 1. The van der Waals surface area contributed by atoms with Crippen LogP contribution in [0.25, 0.3) is 10.2 Å². The average molecular weight is 296 g/mol. The van der Waals surface area contributed by atoms with Crippen molar-refractivity contribution < 1.29 is 9.90 Å². The van der Waals surface area contributed by atoms with Crippen LogP contribution < -0.4 is 0 Å². The molecule has 0 bridgehead atoms. The van der Waals surface area contributed by atoms with Gasteiger partial charge in [-0.2, -0.15) is 0 Å². The lowest BCUT2D eigenvalue weighted by molar-refractivity contribution is 0.0701. The smallest absolute Gasteiger partial charge is 0.346 e. The minimum atomic E-state index is -0.890. The third kappa shape index (κ3) is 2.74. The van der Waals surface area contributed by atoms with Crippen LogP contribution in [-0.4, -0.2) is 26.3 Å². The molecule has 19 heavy (non-hydrogen) atoms. The quantitative estimate of drug-likeness (QED) is 0.668. The number of hydrogen-bond acceptors (Lipinski definition) is 5. The normalized spacial score (nSPS) is 11.4. The SMILES string of the molecule is CCC(CC)Sc1ncnc2sc(C(=O)O)c(C)c12. The fraction of sp³-hybridized carbons (Fsp3) is 0.462. The Morgan fingerprint density at radius 1 is 1.42 bits per heavy atom. The van der Waals surface area contributed by atoms with E-state index in [0.717, 1.165) is 33.6 Å². The highest BCUT2D eigenvalue weighted by atomic mass is 32.2. The highest BCUT2D eigenvalue weighted by molar-refractivity contribution is 8.00. The molecule has 0 radical (unpaired) electrons. The van der Waals surface area contributed by atoms with E-state index in [0.29, 0.717) is 10.1 Å². The molecule has 0 aromatic carbocycles. The van der Waals surface area contributed by atoms with E-state index in [1.165, 1.54) is 17.7 Å². The lowest BCUT2D eigenvalue weighted by Gasteiger charge is -2.11. The number of fused-ring (bicyclic) bond motifs is 1. The van der Waals surface area contributed by atoms with Crippen LogP contribution in [0.2, 0.25) is 0 Å². The third-order valence-electron chi connectivity index (χ3n) is 3.08. The molecule has 1 N–H and O–H groups in total. The molecule has 102 valence electrons. The topological polar surface area (TPSA) is 63.1 Å². The summed E-state index contributed by atoms with van der Waals surface area (Å²) in [6, 6.07) is 0. The molecule has 2 aromatic heterocycles. The Bertz CT molecular complexity index is 606. The molecule has 0 aliphatic heterocycles. The second-order valence-corrected chi connectivity index (χ2v) is 6.56. The largest absolute Gasteiger partial charge is 0.477 e. The number of rotatable bonds is 5. The molecule has 2 aromatic rings. The van der Waals surface area contributed by atoms with Gasteiger partial charge in [0, 0.05) is 10.6 Å². The number of thiophene rings is 1. The van der Waals surface area contributed by atoms with Crippen molar-refractivity contribution in [3.05, 3.63) is 16.8 Å². The summed E-state index contributed by atoms with van der Waals surface area (Å²) in [5, 5.41) is 11.5. The lowest BCUT2D eigenvalue weighted by atomic mass is 10.2. The summed E-state index contributed by atoms with van der Waals surface area (Å²) in [5.41, 5.74) is 0.779. The van der Waals surface area contributed by atoms with E-state index in [4.69, 9.17) is 0 Å². The zero-order chi connectivity index (χ0) is 14.0. The Morgan fingerprint density at radius 2 is 2.11 bits per heavy atom. The van der Waals surface area contributed by atoms with Crippen molar-refractivity contribution >= 4 is 39.3 Å². The molecule has 0 spiro atoms. The Kier molecular flexibility index (Phi) is 4.42. The maximum Gasteiger partial charge on any atom is 0.346 e. The molecule has 0 aliphatic rings. The van der Waals surface area contributed by atoms with Gasteiger partial charge in [-0.25, -0.2) is 14.8 Å². The molecular weight excluding hydrogens is 280 g/mol. The number of aryl methyl sites for hydroxylation is 1. The number of carbonyl (C=O) groups is 1. The minimum absolute atomic E-state index is 0.363. The van der Waals surface area contributed by atoms with Gasteiger partial charge in [-0.3, -0.25) is 0 Å². The monoisotopic (exact) mass is 296 g/mol. The van der Waals surface area contributed by atoms with E-state index in [1.54, 1.807) is 11.8 Å². The summed E-state index contributed by atoms with van der Waals surface area (Å²) >= 11 is 2.94. The Balaban J connectivity index is 2.53. The van der Waals surface area contributed by atoms with Crippen LogP contribution in [-0.2, 0) is 0 Å². The predicted octanol–water partition coefficient (Wildman–Crippen LogP) is 3.98. The second-order valence-electron chi connectivity index (χ2n) is 4.28. The van der Waals surface area contributed by atoms with Crippen molar-refractivity contribution in [2.75, 3.05) is 0 Å². The van der Waals surface area contributed by atoms with Crippen LogP contribution in [0.15, 0.2) is 11.4 Å². The average Bonchev–Trinajstić information content (AvgIpc) is 2.74. The molecule has 2 heterocycles. The lowest BCUT2D eigenvalue weighted by Crippen LogP contribution is -1.99. The third-order valence-corrected chi connectivity index (χ3v) is 5.80. The van der Waals surface area contributed by atoms with Crippen LogP contribution in [0, 0.1) is 6.92 Å². The first-order valence-electron chi connectivity index (χ1n) is 6.22. The van der Waals surface area contributed by atoms with E-state index in [9.17, 15) is 9.90 Å². The van der Waals surface area contributed by atoms with Crippen molar-refractivity contribution in [1.82, 2.24) is 9.97 Å².